The summed E-state index contributed by atoms with van der Waals surface area (Å²) in [6.45, 7) is 8.31. The Balaban J connectivity index is 2.73. The number of hydrogen-bond acceptors (Lipinski definition) is 2. The predicted molar refractivity (Wildman–Crippen MR) is 72.4 cm³/mol. The van der Waals surface area contributed by atoms with E-state index in [1.807, 2.05) is 37.3 Å². The predicted octanol–water partition coefficient (Wildman–Crippen LogP) is 3.38. The lowest BCUT2D eigenvalue weighted by Gasteiger charge is -2.27. The lowest BCUT2D eigenvalue weighted by atomic mass is 10.0. The molecule has 1 unspecified atom stereocenters. The average Bonchev–Trinajstić information content (AvgIpc) is 2.38. The van der Waals surface area contributed by atoms with Crippen molar-refractivity contribution in [2.45, 2.75) is 39.7 Å². The summed E-state index contributed by atoms with van der Waals surface area (Å²) in [7, 11) is 0. The van der Waals surface area contributed by atoms with E-state index >= 15 is 0 Å². The Hall–Kier alpha value is -1.15. The number of Topliss-reactive ketones (excluding diaryl/α,β-unsaturated/α-hetero) is 1. The minimum Gasteiger partial charge on any atom is -0.294 e. The van der Waals surface area contributed by atoms with Gasteiger partial charge < -0.3 is 0 Å². The number of ketones is 1. The Morgan fingerprint density at radius 1 is 1.12 bits per heavy atom. The Labute approximate surface area is 105 Å². The van der Waals surface area contributed by atoms with Crippen molar-refractivity contribution in [3.63, 3.8) is 0 Å². The molecule has 17 heavy (non-hydrogen) atoms. The third kappa shape index (κ3) is 3.97. The zero-order chi connectivity index (χ0) is 12.7. The minimum atomic E-state index is -0.0164. The molecule has 94 valence electrons. The van der Waals surface area contributed by atoms with Crippen LogP contribution in [0.1, 0.15) is 44.0 Å². The smallest absolute Gasteiger partial charge is 0.179 e. The molecule has 0 saturated carbocycles. The maximum Gasteiger partial charge on any atom is 0.179 e. The van der Waals surface area contributed by atoms with E-state index < -0.39 is 0 Å². The second-order valence-corrected chi connectivity index (χ2v) is 4.44. The zero-order valence-electron chi connectivity index (χ0n) is 11.1. The van der Waals surface area contributed by atoms with Crippen LogP contribution in [0.25, 0.3) is 0 Å². The SMILES string of the molecule is CCCN(CCC)C(C)C(=O)c1ccccc1. The van der Waals surface area contributed by atoms with Gasteiger partial charge in [0.25, 0.3) is 0 Å². The molecule has 0 spiro atoms. The molecular formula is C15H23NO. The number of nitrogens with zero attached hydrogens (tertiary/aromatic N) is 1. The molecule has 0 aliphatic heterocycles. The molecule has 0 aliphatic rings. The van der Waals surface area contributed by atoms with Crippen LogP contribution < -0.4 is 0 Å². The van der Waals surface area contributed by atoms with E-state index in [0.29, 0.717) is 0 Å². The van der Waals surface area contributed by atoms with Gasteiger partial charge in [-0.3, -0.25) is 9.69 Å². The molecule has 0 aromatic heterocycles. The van der Waals surface area contributed by atoms with E-state index in [9.17, 15) is 4.79 Å². The van der Waals surface area contributed by atoms with Crippen molar-refractivity contribution in [1.29, 1.82) is 0 Å². The summed E-state index contributed by atoms with van der Waals surface area (Å²) >= 11 is 0. The summed E-state index contributed by atoms with van der Waals surface area (Å²) < 4.78 is 0. The third-order valence-corrected chi connectivity index (χ3v) is 3.01. The van der Waals surface area contributed by atoms with Gasteiger partial charge in [0.2, 0.25) is 0 Å². The summed E-state index contributed by atoms with van der Waals surface area (Å²) in [4.78, 5) is 14.6. The topological polar surface area (TPSA) is 20.3 Å². The molecular weight excluding hydrogens is 210 g/mol. The Bertz CT molecular complexity index is 328. The molecule has 1 rings (SSSR count). The van der Waals surface area contributed by atoms with Crippen molar-refractivity contribution in [3.8, 4) is 0 Å². The van der Waals surface area contributed by atoms with Gasteiger partial charge in [-0.1, -0.05) is 44.2 Å². The maximum absolute atomic E-state index is 12.3. The van der Waals surface area contributed by atoms with Gasteiger partial charge in [-0.2, -0.15) is 0 Å². The van der Waals surface area contributed by atoms with E-state index in [0.717, 1.165) is 31.5 Å². The molecule has 1 aromatic carbocycles. The Morgan fingerprint density at radius 2 is 1.65 bits per heavy atom. The number of carbonyl (C=O) groups is 1. The molecule has 1 aromatic rings. The first-order valence-electron chi connectivity index (χ1n) is 6.54. The fraction of sp³-hybridized carbons (Fsp3) is 0.533. The Morgan fingerprint density at radius 3 is 2.12 bits per heavy atom. The van der Waals surface area contributed by atoms with Crippen molar-refractivity contribution >= 4 is 5.78 Å². The van der Waals surface area contributed by atoms with Crippen LogP contribution in [0.4, 0.5) is 0 Å². The standard InChI is InChI=1S/C15H23NO/c1-4-11-16(12-5-2)13(3)15(17)14-9-7-6-8-10-14/h6-10,13H,4-5,11-12H2,1-3H3. The van der Waals surface area contributed by atoms with Gasteiger partial charge in [0.05, 0.1) is 6.04 Å². The van der Waals surface area contributed by atoms with Gasteiger partial charge in [0.15, 0.2) is 5.78 Å². The van der Waals surface area contributed by atoms with Gasteiger partial charge in [-0.25, -0.2) is 0 Å². The van der Waals surface area contributed by atoms with E-state index in [2.05, 4.69) is 18.7 Å². The molecule has 0 N–H and O–H groups in total. The highest BCUT2D eigenvalue weighted by molar-refractivity contribution is 5.99. The summed E-state index contributed by atoms with van der Waals surface area (Å²) in [5.74, 6) is 0.229. The first-order valence-corrected chi connectivity index (χ1v) is 6.54. The maximum atomic E-state index is 12.3. The molecule has 2 heteroatoms. The van der Waals surface area contributed by atoms with Crippen LogP contribution in [0.2, 0.25) is 0 Å². The molecule has 0 fully saturated rings. The second kappa shape index (κ2) is 7.23. The van der Waals surface area contributed by atoms with E-state index in [4.69, 9.17) is 0 Å². The second-order valence-electron chi connectivity index (χ2n) is 4.44. The summed E-state index contributed by atoms with van der Waals surface area (Å²) in [5, 5.41) is 0. The molecule has 0 amide bonds. The van der Waals surface area contributed by atoms with Gasteiger partial charge in [0.1, 0.15) is 0 Å². The van der Waals surface area contributed by atoms with Crippen molar-refractivity contribution in [2.24, 2.45) is 0 Å². The van der Waals surface area contributed by atoms with Gasteiger partial charge >= 0.3 is 0 Å². The number of hydrogen-bond donors (Lipinski definition) is 0. The highest BCUT2D eigenvalue weighted by atomic mass is 16.1. The fourth-order valence-corrected chi connectivity index (χ4v) is 2.08. The number of carbonyl (C=O) groups excluding carboxylic acids is 1. The largest absolute Gasteiger partial charge is 0.294 e. The van der Waals surface area contributed by atoms with Crippen LogP contribution in [-0.4, -0.2) is 29.8 Å². The molecule has 0 heterocycles. The van der Waals surface area contributed by atoms with E-state index in [-0.39, 0.29) is 11.8 Å². The summed E-state index contributed by atoms with van der Waals surface area (Å²) in [5.41, 5.74) is 0.817. The van der Waals surface area contributed by atoms with Crippen molar-refractivity contribution in [3.05, 3.63) is 35.9 Å². The van der Waals surface area contributed by atoms with Crippen molar-refractivity contribution in [2.75, 3.05) is 13.1 Å². The van der Waals surface area contributed by atoms with Crippen molar-refractivity contribution in [1.82, 2.24) is 4.90 Å². The average molecular weight is 233 g/mol. The zero-order valence-corrected chi connectivity index (χ0v) is 11.1. The van der Waals surface area contributed by atoms with Crippen LogP contribution in [-0.2, 0) is 0 Å². The highest BCUT2D eigenvalue weighted by Crippen LogP contribution is 2.10. The Kier molecular flexibility index (Phi) is 5.92. The van der Waals surface area contributed by atoms with Crippen molar-refractivity contribution < 1.29 is 4.79 Å². The molecule has 0 bridgehead atoms. The lowest BCUT2D eigenvalue weighted by Crippen LogP contribution is -2.40. The van der Waals surface area contributed by atoms with Gasteiger partial charge in [-0.15, -0.1) is 0 Å². The monoisotopic (exact) mass is 233 g/mol. The molecule has 2 nitrogen and oxygen atoms in total. The highest BCUT2D eigenvalue weighted by Gasteiger charge is 2.20. The first kappa shape index (κ1) is 13.9. The molecule has 0 saturated heterocycles. The summed E-state index contributed by atoms with van der Waals surface area (Å²) in [6, 6.07) is 9.56. The van der Waals surface area contributed by atoms with E-state index in [1.165, 1.54) is 0 Å². The van der Waals surface area contributed by atoms with E-state index in [1.54, 1.807) is 0 Å². The lowest BCUT2D eigenvalue weighted by molar-refractivity contribution is 0.0838. The van der Waals surface area contributed by atoms with Crippen LogP contribution in [0.5, 0.6) is 0 Å². The van der Waals surface area contributed by atoms with Gasteiger partial charge in [-0.05, 0) is 32.9 Å². The third-order valence-electron chi connectivity index (χ3n) is 3.01. The first-order chi connectivity index (χ1) is 8.20. The molecule has 1 atom stereocenters. The van der Waals surface area contributed by atoms with Crippen LogP contribution in [0, 0.1) is 0 Å². The quantitative estimate of drug-likeness (QED) is 0.673. The number of rotatable bonds is 7. The van der Waals surface area contributed by atoms with Crippen LogP contribution in [0.15, 0.2) is 30.3 Å². The number of benzene rings is 1. The fourth-order valence-electron chi connectivity index (χ4n) is 2.08. The molecule has 0 aliphatic carbocycles. The normalized spacial score (nSPS) is 12.7. The summed E-state index contributed by atoms with van der Waals surface area (Å²) in [6.07, 6.45) is 2.18. The van der Waals surface area contributed by atoms with Crippen LogP contribution >= 0.6 is 0 Å². The van der Waals surface area contributed by atoms with Crippen LogP contribution in [0.3, 0.4) is 0 Å². The molecule has 0 radical (unpaired) electrons. The van der Waals surface area contributed by atoms with Gasteiger partial charge in [0, 0.05) is 5.56 Å². The minimum absolute atomic E-state index is 0.0164.